The average molecular weight is 300 g/mol. The molecule has 0 saturated heterocycles. The summed E-state index contributed by atoms with van der Waals surface area (Å²) in [5.41, 5.74) is 0.997. The van der Waals surface area contributed by atoms with Gasteiger partial charge in [-0.05, 0) is 12.5 Å². The minimum atomic E-state index is -4.16. The SMILES string of the molecule is C=C(C)C(=O)OCCOP(=O)(O)OCc1ccccc1. The molecule has 1 unspecified atom stereocenters. The molecule has 1 aromatic carbocycles. The summed E-state index contributed by atoms with van der Waals surface area (Å²) in [4.78, 5) is 20.4. The van der Waals surface area contributed by atoms with Crippen molar-refractivity contribution in [2.24, 2.45) is 0 Å². The van der Waals surface area contributed by atoms with E-state index in [0.29, 0.717) is 0 Å². The summed E-state index contributed by atoms with van der Waals surface area (Å²) in [6, 6.07) is 8.93. The van der Waals surface area contributed by atoms with Crippen LogP contribution in [0.25, 0.3) is 0 Å². The number of phosphoric acid groups is 1. The first-order chi connectivity index (χ1) is 9.41. The Labute approximate surface area is 117 Å². The average Bonchev–Trinajstić information content (AvgIpc) is 2.42. The van der Waals surface area contributed by atoms with Gasteiger partial charge < -0.3 is 9.63 Å². The molecule has 0 aliphatic carbocycles. The third-order valence-electron chi connectivity index (χ3n) is 2.16. The van der Waals surface area contributed by atoms with Crippen LogP contribution >= 0.6 is 7.82 Å². The fourth-order valence-corrected chi connectivity index (χ4v) is 1.87. The lowest BCUT2D eigenvalue weighted by Gasteiger charge is -2.12. The zero-order chi connectivity index (χ0) is 15.0. The van der Waals surface area contributed by atoms with Gasteiger partial charge in [0.25, 0.3) is 0 Å². The van der Waals surface area contributed by atoms with Crippen LogP contribution in [0.15, 0.2) is 42.5 Å². The zero-order valence-corrected chi connectivity index (χ0v) is 12.0. The second-order valence-corrected chi connectivity index (χ2v) is 5.43. The third kappa shape index (κ3) is 6.63. The number of ether oxygens (including phenoxy) is 1. The fraction of sp³-hybridized carbons (Fsp3) is 0.308. The molecule has 0 aliphatic rings. The molecule has 0 radical (unpaired) electrons. The van der Waals surface area contributed by atoms with Crippen molar-refractivity contribution < 1.29 is 28.0 Å². The Morgan fingerprint density at radius 2 is 1.90 bits per heavy atom. The van der Waals surface area contributed by atoms with E-state index in [4.69, 9.17) is 9.26 Å². The van der Waals surface area contributed by atoms with E-state index in [1.54, 1.807) is 24.3 Å². The number of hydrogen-bond acceptors (Lipinski definition) is 5. The van der Waals surface area contributed by atoms with Crippen LogP contribution in [0.2, 0.25) is 0 Å². The Kier molecular flexibility index (Phi) is 6.61. The van der Waals surface area contributed by atoms with E-state index in [2.05, 4.69) is 11.1 Å². The van der Waals surface area contributed by atoms with E-state index in [9.17, 15) is 14.3 Å². The van der Waals surface area contributed by atoms with E-state index in [0.717, 1.165) is 5.56 Å². The predicted molar refractivity (Wildman–Crippen MR) is 72.8 cm³/mol. The van der Waals surface area contributed by atoms with Gasteiger partial charge in [0.05, 0.1) is 13.2 Å². The lowest BCUT2D eigenvalue weighted by atomic mass is 10.2. The van der Waals surface area contributed by atoms with Gasteiger partial charge >= 0.3 is 13.8 Å². The summed E-state index contributed by atoms with van der Waals surface area (Å²) in [5, 5.41) is 0. The van der Waals surface area contributed by atoms with Gasteiger partial charge in [0.15, 0.2) is 0 Å². The number of benzene rings is 1. The second kappa shape index (κ2) is 7.97. The maximum Gasteiger partial charge on any atom is 0.472 e. The van der Waals surface area contributed by atoms with Gasteiger partial charge in [-0.15, -0.1) is 0 Å². The van der Waals surface area contributed by atoms with Crippen molar-refractivity contribution in [3.63, 3.8) is 0 Å². The van der Waals surface area contributed by atoms with E-state index >= 15 is 0 Å². The Bertz CT molecular complexity index is 499. The molecule has 110 valence electrons. The summed E-state index contributed by atoms with van der Waals surface area (Å²) in [6.45, 7) is 4.48. The normalized spacial score (nSPS) is 13.5. The summed E-state index contributed by atoms with van der Waals surface area (Å²) in [5.74, 6) is -0.577. The smallest absolute Gasteiger partial charge is 0.460 e. The van der Waals surface area contributed by atoms with Crippen molar-refractivity contribution in [1.82, 2.24) is 0 Å². The number of carbonyl (C=O) groups excluding carboxylic acids is 1. The van der Waals surface area contributed by atoms with Crippen LogP contribution in [0, 0.1) is 0 Å². The van der Waals surface area contributed by atoms with Gasteiger partial charge in [0.1, 0.15) is 6.61 Å². The van der Waals surface area contributed by atoms with Crippen LogP contribution in [0.1, 0.15) is 12.5 Å². The summed E-state index contributed by atoms with van der Waals surface area (Å²) >= 11 is 0. The molecule has 20 heavy (non-hydrogen) atoms. The van der Waals surface area contributed by atoms with Crippen LogP contribution in [-0.4, -0.2) is 24.1 Å². The third-order valence-corrected chi connectivity index (χ3v) is 3.12. The standard InChI is InChI=1S/C13H17O6P/c1-11(2)13(14)17-8-9-18-20(15,16)19-10-12-6-4-3-5-7-12/h3-7H,1,8-10H2,2H3,(H,15,16). The second-order valence-electron chi connectivity index (χ2n) is 3.98. The topological polar surface area (TPSA) is 82.1 Å². The maximum atomic E-state index is 11.5. The molecule has 0 heterocycles. The predicted octanol–water partition coefficient (Wildman–Crippen LogP) is 2.44. The van der Waals surface area contributed by atoms with Gasteiger partial charge in [-0.1, -0.05) is 36.9 Å². The van der Waals surface area contributed by atoms with Crippen molar-refractivity contribution in [1.29, 1.82) is 0 Å². The summed E-state index contributed by atoms with van der Waals surface area (Å²) in [7, 11) is -4.16. The number of phosphoric ester groups is 1. The summed E-state index contributed by atoms with van der Waals surface area (Å²) < 4.78 is 25.7. The zero-order valence-electron chi connectivity index (χ0n) is 11.2. The van der Waals surface area contributed by atoms with Crippen molar-refractivity contribution in [2.45, 2.75) is 13.5 Å². The molecule has 0 amide bonds. The Morgan fingerprint density at radius 3 is 2.50 bits per heavy atom. The van der Waals surface area contributed by atoms with Gasteiger partial charge in [-0.25, -0.2) is 9.36 Å². The van der Waals surface area contributed by atoms with E-state index < -0.39 is 13.8 Å². The van der Waals surface area contributed by atoms with Crippen LogP contribution in [-0.2, 0) is 29.8 Å². The molecule has 0 fully saturated rings. The van der Waals surface area contributed by atoms with Crippen molar-refractivity contribution >= 4 is 13.8 Å². The van der Waals surface area contributed by atoms with E-state index in [1.807, 2.05) is 6.07 Å². The molecule has 7 heteroatoms. The first-order valence-corrected chi connectivity index (χ1v) is 7.39. The lowest BCUT2D eigenvalue weighted by molar-refractivity contribution is -0.139. The molecule has 0 aromatic heterocycles. The van der Waals surface area contributed by atoms with Gasteiger partial charge in [0, 0.05) is 5.57 Å². The minimum absolute atomic E-state index is 0.0415. The van der Waals surface area contributed by atoms with Crippen LogP contribution in [0.4, 0.5) is 0 Å². The first kappa shape index (κ1) is 16.6. The number of rotatable bonds is 8. The van der Waals surface area contributed by atoms with Crippen molar-refractivity contribution in [3.05, 3.63) is 48.0 Å². The Morgan fingerprint density at radius 1 is 1.25 bits per heavy atom. The molecule has 0 bridgehead atoms. The molecule has 1 aromatic rings. The number of esters is 1. The van der Waals surface area contributed by atoms with Crippen molar-refractivity contribution in [3.8, 4) is 0 Å². The molecule has 0 saturated carbocycles. The highest BCUT2D eigenvalue weighted by Gasteiger charge is 2.21. The highest BCUT2D eigenvalue weighted by molar-refractivity contribution is 7.47. The molecule has 6 nitrogen and oxygen atoms in total. The van der Waals surface area contributed by atoms with Gasteiger partial charge in [0.2, 0.25) is 0 Å². The Hall–Kier alpha value is -1.46. The quantitative estimate of drug-likeness (QED) is 0.344. The van der Waals surface area contributed by atoms with Gasteiger partial charge in [-0.3, -0.25) is 9.05 Å². The highest BCUT2D eigenvalue weighted by atomic mass is 31.2. The first-order valence-electron chi connectivity index (χ1n) is 5.89. The van der Waals surface area contributed by atoms with Crippen LogP contribution < -0.4 is 0 Å². The molecule has 1 rings (SSSR count). The maximum absolute atomic E-state index is 11.5. The lowest BCUT2D eigenvalue weighted by Crippen LogP contribution is -2.10. The van der Waals surface area contributed by atoms with E-state index in [-0.39, 0.29) is 25.4 Å². The molecule has 0 spiro atoms. The number of hydrogen-bond donors (Lipinski definition) is 1. The van der Waals surface area contributed by atoms with E-state index in [1.165, 1.54) is 6.92 Å². The van der Waals surface area contributed by atoms with Crippen LogP contribution in [0.5, 0.6) is 0 Å². The molecule has 0 aliphatic heterocycles. The van der Waals surface area contributed by atoms with Crippen molar-refractivity contribution in [2.75, 3.05) is 13.2 Å². The minimum Gasteiger partial charge on any atom is -0.460 e. The summed E-state index contributed by atoms with van der Waals surface area (Å²) in [6.07, 6.45) is 0. The number of carbonyl (C=O) groups is 1. The Balaban J connectivity index is 2.26. The van der Waals surface area contributed by atoms with Gasteiger partial charge in [-0.2, -0.15) is 0 Å². The molecular weight excluding hydrogens is 283 g/mol. The van der Waals surface area contributed by atoms with Crippen LogP contribution in [0.3, 0.4) is 0 Å². The molecule has 1 N–H and O–H groups in total. The monoisotopic (exact) mass is 300 g/mol. The molecular formula is C13H17O6P. The fourth-order valence-electron chi connectivity index (χ4n) is 1.18. The highest BCUT2D eigenvalue weighted by Crippen LogP contribution is 2.43. The largest absolute Gasteiger partial charge is 0.472 e. The molecule has 1 atom stereocenters.